The van der Waals surface area contributed by atoms with E-state index in [9.17, 15) is 9.59 Å². The van der Waals surface area contributed by atoms with Crippen LogP contribution in [0.2, 0.25) is 0 Å². The van der Waals surface area contributed by atoms with Crippen LogP contribution < -0.4 is 10.9 Å². The largest absolute Gasteiger partial charge is 0.356 e. The van der Waals surface area contributed by atoms with E-state index in [-0.39, 0.29) is 17.4 Å². The molecule has 0 aliphatic heterocycles. The van der Waals surface area contributed by atoms with Crippen molar-refractivity contribution in [2.24, 2.45) is 0 Å². The molecule has 0 bridgehead atoms. The summed E-state index contributed by atoms with van der Waals surface area (Å²) in [7, 11) is 0. The van der Waals surface area contributed by atoms with Gasteiger partial charge in [0.05, 0.1) is 5.69 Å². The molecule has 2 aromatic carbocycles. The standard InChI is InChI=1S/C27H26N4O2/c32-26(20-24(21-8-3-1-4-9-21)22-10-5-2-6-11-22)29-16-7-19-31-27(33)13-12-25(30-31)23-14-17-28-18-15-23/h1-6,8-15,17-18,24H,7,16,19-20H2,(H,29,32). The van der Waals surface area contributed by atoms with Crippen LogP contribution in [0.3, 0.4) is 0 Å². The summed E-state index contributed by atoms with van der Waals surface area (Å²) in [5.74, 6) is -0.0210. The van der Waals surface area contributed by atoms with Crippen molar-refractivity contribution in [3.05, 3.63) is 119 Å². The molecule has 0 aliphatic rings. The molecule has 0 saturated heterocycles. The minimum Gasteiger partial charge on any atom is -0.356 e. The molecular weight excluding hydrogens is 412 g/mol. The molecule has 6 heteroatoms. The lowest BCUT2D eigenvalue weighted by atomic mass is 9.88. The van der Waals surface area contributed by atoms with E-state index in [0.717, 1.165) is 22.4 Å². The Morgan fingerprint density at radius 2 is 1.48 bits per heavy atom. The second-order valence-corrected chi connectivity index (χ2v) is 7.80. The number of aryl methyl sites for hydroxylation is 1. The highest BCUT2D eigenvalue weighted by Gasteiger charge is 2.17. The van der Waals surface area contributed by atoms with Crippen LogP contribution in [0.1, 0.15) is 29.9 Å². The van der Waals surface area contributed by atoms with Gasteiger partial charge in [0.1, 0.15) is 0 Å². The number of benzene rings is 2. The third-order valence-electron chi connectivity index (χ3n) is 5.50. The van der Waals surface area contributed by atoms with Crippen LogP contribution in [-0.2, 0) is 11.3 Å². The fraction of sp³-hybridized carbons (Fsp3) is 0.185. The maximum Gasteiger partial charge on any atom is 0.266 e. The highest BCUT2D eigenvalue weighted by molar-refractivity contribution is 5.77. The number of amides is 1. The van der Waals surface area contributed by atoms with Crippen molar-refractivity contribution < 1.29 is 4.79 Å². The first-order valence-electron chi connectivity index (χ1n) is 11.1. The van der Waals surface area contributed by atoms with Gasteiger partial charge in [0.15, 0.2) is 0 Å². The average Bonchev–Trinajstić information content (AvgIpc) is 2.87. The number of hydrogen-bond donors (Lipinski definition) is 1. The smallest absolute Gasteiger partial charge is 0.266 e. The summed E-state index contributed by atoms with van der Waals surface area (Å²) < 4.78 is 1.44. The predicted molar refractivity (Wildman–Crippen MR) is 129 cm³/mol. The zero-order valence-corrected chi connectivity index (χ0v) is 18.3. The lowest BCUT2D eigenvalue weighted by molar-refractivity contribution is -0.121. The first-order valence-corrected chi connectivity index (χ1v) is 11.1. The predicted octanol–water partition coefficient (Wildman–Crippen LogP) is 4.03. The van der Waals surface area contributed by atoms with E-state index < -0.39 is 0 Å². The summed E-state index contributed by atoms with van der Waals surface area (Å²) in [6, 6.07) is 27.1. The van der Waals surface area contributed by atoms with E-state index in [1.54, 1.807) is 18.5 Å². The third-order valence-corrected chi connectivity index (χ3v) is 5.50. The fourth-order valence-electron chi connectivity index (χ4n) is 3.80. The number of aromatic nitrogens is 3. The molecule has 166 valence electrons. The first kappa shape index (κ1) is 22.1. The van der Waals surface area contributed by atoms with Gasteiger partial charge in [-0.3, -0.25) is 14.6 Å². The maximum atomic E-state index is 12.7. The molecule has 2 heterocycles. The normalized spacial score (nSPS) is 10.8. The minimum atomic E-state index is -0.160. The van der Waals surface area contributed by atoms with E-state index >= 15 is 0 Å². The summed E-state index contributed by atoms with van der Waals surface area (Å²) in [6.45, 7) is 0.904. The summed E-state index contributed by atoms with van der Waals surface area (Å²) in [4.78, 5) is 28.9. The maximum absolute atomic E-state index is 12.7. The topological polar surface area (TPSA) is 76.9 Å². The second-order valence-electron chi connectivity index (χ2n) is 7.80. The molecule has 33 heavy (non-hydrogen) atoms. The van der Waals surface area contributed by atoms with Gasteiger partial charge in [0, 0.05) is 49.5 Å². The van der Waals surface area contributed by atoms with E-state index in [1.807, 2.05) is 48.5 Å². The molecule has 6 nitrogen and oxygen atoms in total. The van der Waals surface area contributed by atoms with Crippen LogP contribution in [0.4, 0.5) is 0 Å². The Morgan fingerprint density at radius 1 is 0.848 bits per heavy atom. The first-order chi connectivity index (χ1) is 16.2. The Hall–Kier alpha value is -4.06. The van der Waals surface area contributed by atoms with Gasteiger partial charge in [-0.1, -0.05) is 60.7 Å². The van der Waals surface area contributed by atoms with Crippen molar-refractivity contribution in [1.82, 2.24) is 20.1 Å². The molecule has 0 unspecified atom stereocenters. The van der Waals surface area contributed by atoms with Crippen molar-refractivity contribution in [3.63, 3.8) is 0 Å². The molecule has 0 atom stereocenters. The van der Waals surface area contributed by atoms with Crippen LogP contribution in [0.15, 0.2) is 102 Å². The van der Waals surface area contributed by atoms with Gasteiger partial charge in [0.2, 0.25) is 5.91 Å². The van der Waals surface area contributed by atoms with Crippen LogP contribution >= 0.6 is 0 Å². The van der Waals surface area contributed by atoms with Crippen molar-refractivity contribution in [1.29, 1.82) is 0 Å². The summed E-state index contributed by atoms with van der Waals surface area (Å²) in [5.41, 5.74) is 3.69. The third kappa shape index (κ3) is 6.01. The molecule has 1 N–H and O–H groups in total. The minimum absolute atomic E-state index is 0.00581. The van der Waals surface area contributed by atoms with Gasteiger partial charge in [-0.15, -0.1) is 0 Å². The zero-order chi connectivity index (χ0) is 22.9. The average molecular weight is 439 g/mol. The van der Waals surface area contributed by atoms with E-state index in [1.165, 1.54) is 10.7 Å². The summed E-state index contributed by atoms with van der Waals surface area (Å²) in [5, 5.41) is 7.45. The van der Waals surface area contributed by atoms with Crippen molar-refractivity contribution in [2.45, 2.75) is 25.3 Å². The van der Waals surface area contributed by atoms with E-state index in [2.05, 4.69) is 39.7 Å². The number of nitrogens with zero attached hydrogens (tertiary/aromatic N) is 3. The summed E-state index contributed by atoms with van der Waals surface area (Å²) in [6.07, 6.45) is 4.36. The number of rotatable bonds is 9. The van der Waals surface area contributed by atoms with Gasteiger partial charge in [-0.2, -0.15) is 5.10 Å². The van der Waals surface area contributed by atoms with Gasteiger partial charge in [0.25, 0.3) is 5.56 Å². The molecule has 0 aliphatic carbocycles. The lowest BCUT2D eigenvalue weighted by Gasteiger charge is -2.18. The van der Waals surface area contributed by atoms with Crippen LogP contribution in [0.25, 0.3) is 11.3 Å². The number of carbonyl (C=O) groups excluding carboxylic acids is 1. The quantitative estimate of drug-likeness (QED) is 0.400. The molecule has 0 radical (unpaired) electrons. The van der Waals surface area contributed by atoms with Crippen LogP contribution in [0, 0.1) is 0 Å². The molecule has 4 rings (SSSR count). The van der Waals surface area contributed by atoms with Crippen LogP contribution in [0.5, 0.6) is 0 Å². The Morgan fingerprint density at radius 3 is 2.12 bits per heavy atom. The van der Waals surface area contributed by atoms with Crippen molar-refractivity contribution in [3.8, 4) is 11.3 Å². The highest BCUT2D eigenvalue weighted by Crippen LogP contribution is 2.27. The Labute approximate surface area is 193 Å². The Kier molecular flexibility index (Phi) is 7.38. The fourth-order valence-corrected chi connectivity index (χ4v) is 3.80. The molecule has 0 spiro atoms. The molecule has 1 amide bonds. The zero-order valence-electron chi connectivity index (χ0n) is 18.3. The Balaban J connectivity index is 1.34. The number of carbonyl (C=O) groups is 1. The van der Waals surface area contributed by atoms with Crippen molar-refractivity contribution in [2.75, 3.05) is 6.54 Å². The molecule has 0 fully saturated rings. The van der Waals surface area contributed by atoms with Gasteiger partial charge in [-0.05, 0) is 35.7 Å². The molecular formula is C27H26N4O2. The number of pyridine rings is 1. The lowest BCUT2D eigenvalue weighted by Crippen LogP contribution is -2.29. The summed E-state index contributed by atoms with van der Waals surface area (Å²) >= 11 is 0. The number of nitrogens with one attached hydrogen (secondary N) is 1. The molecule has 2 aromatic heterocycles. The molecule has 0 saturated carbocycles. The van der Waals surface area contributed by atoms with E-state index in [0.29, 0.717) is 25.9 Å². The monoisotopic (exact) mass is 438 g/mol. The second kappa shape index (κ2) is 11.0. The van der Waals surface area contributed by atoms with Crippen LogP contribution in [-0.4, -0.2) is 27.2 Å². The van der Waals surface area contributed by atoms with Gasteiger partial charge < -0.3 is 5.32 Å². The van der Waals surface area contributed by atoms with Gasteiger partial charge >= 0.3 is 0 Å². The highest BCUT2D eigenvalue weighted by atomic mass is 16.1. The number of hydrogen-bond acceptors (Lipinski definition) is 4. The Bertz CT molecular complexity index is 1190. The SMILES string of the molecule is O=C(CC(c1ccccc1)c1ccccc1)NCCCn1nc(-c2ccncc2)ccc1=O. The molecule has 4 aromatic rings. The van der Waals surface area contributed by atoms with E-state index in [4.69, 9.17) is 0 Å². The van der Waals surface area contributed by atoms with Crippen molar-refractivity contribution >= 4 is 5.91 Å². The van der Waals surface area contributed by atoms with Gasteiger partial charge in [-0.25, -0.2) is 4.68 Å².